The summed E-state index contributed by atoms with van der Waals surface area (Å²) in [5.41, 5.74) is 7.34. The van der Waals surface area contributed by atoms with E-state index in [0.29, 0.717) is 19.7 Å². The molecule has 5 nitrogen and oxygen atoms in total. The third-order valence-corrected chi connectivity index (χ3v) is 2.86. The molecular weight excluding hydrogens is 242 g/mol. The smallest absolute Gasteiger partial charge is 0.322 e. The molecule has 0 radical (unpaired) electrons. The highest BCUT2D eigenvalue weighted by molar-refractivity contribution is 5.89. The molecule has 0 heterocycles. The number of methoxy groups -OCH3 is 1. The third-order valence-electron chi connectivity index (χ3n) is 2.86. The van der Waals surface area contributed by atoms with Gasteiger partial charge >= 0.3 is 6.03 Å². The van der Waals surface area contributed by atoms with E-state index < -0.39 is 0 Å². The van der Waals surface area contributed by atoms with E-state index in [1.165, 1.54) is 0 Å². The molecule has 5 heteroatoms. The Balaban J connectivity index is 2.64. The van der Waals surface area contributed by atoms with Crippen molar-refractivity contribution in [1.82, 2.24) is 4.90 Å². The van der Waals surface area contributed by atoms with Crippen LogP contribution in [-0.4, -0.2) is 37.2 Å². The van der Waals surface area contributed by atoms with E-state index in [9.17, 15) is 4.79 Å². The van der Waals surface area contributed by atoms with Gasteiger partial charge in [0.2, 0.25) is 0 Å². The van der Waals surface area contributed by atoms with E-state index in [1.807, 2.05) is 38.1 Å². The SMILES string of the molecule is COCCN(C(=O)Nc1ccc(CN)cc1)C(C)C. The van der Waals surface area contributed by atoms with Gasteiger partial charge in [0.05, 0.1) is 6.61 Å². The van der Waals surface area contributed by atoms with Crippen LogP contribution in [0.1, 0.15) is 19.4 Å². The van der Waals surface area contributed by atoms with Gasteiger partial charge < -0.3 is 20.7 Å². The molecule has 1 aromatic carbocycles. The van der Waals surface area contributed by atoms with Crippen molar-refractivity contribution < 1.29 is 9.53 Å². The number of nitrogens with one attached hydrogen (secondary N) is 1. The number of hydrogen-bond donors (Lipinski definition) is 2. The molecule has 0 saturated carbocycles. The molecule has 1 rings (SSSR count). The minimum atomic E-state index is -0.118. The first-order valence-electron chi connectivity index (χ1n) is 6.44. The molecule has 0 fully saturated rings. The Morgan fingerprint density at radius 1 is 1.37 bits per heavy atom. The van der Waals surface area contributed by atoms with Crippen LogP contribution in [0.5, 0.6) is 0 Å². The number of carbonyl (C=O) groups excluding carboxylic acids is 1. The second kappa shape index (κ2) is 7.76. The van der Waals surface area contributed by atoms with Crippen LogP contribution in [0.25, 0.3) is 0 Å². The second-order valence-electron chi connectivity index (χ2n) is 4.61. The van der Waals surface area contributed by atoms with Gasteiger partial charge in [-0.1, -0.05) is 12.1 Å². The molecule has 0 aliphatic heterocycles. The topological polar surface area (TPSA) is 67.6 Å². The monoisotopic (exact) mass is 265 g/mol. The fourth-order valence-electron chi connectivity index (χ4n) is 1.70. The Morgan fingerprint density at radius 2 is 2.00 bits per heavy atom. The first-order valence-corrected chi connectivity index (χ1v) is 6.44. The molecule has 3 N–H and O–H groups in total. The molecular formula is C14H23N3O2. The molecule has 2 amide bonds. The summed E-state index contributed by atoms with van der Waals surface area (Å²) in [4.78, 5) is 13.9. The van der Waals surface area contributed by atoms with Crippen molar-refractivity contribution in [2.24, 2.45) is 5.73 Å². The quantitative estimate of drug-likeness (QED) is 0.827. The largest absolute Gasteiger partial charge is 0.383 e. The zero-order chi connectivity index (χ0) is 14.3. The molecule has 0 spiro atoms. The summed E-state index contributed by atoms with van der Waals surface area (Å²) >= 11 is 0. The number of carbonyl (C=O) groups is 1. The molecule has 0 unspecified atom stereocenters. The number of benzene rings is 1. The molecule has 0 bridgehead atoms. The predicted molar refractivity (Wildman–Crippen MR) is 77.1 cm³/mol. The highest BCUT2D eigenvalue weighted by Crippen LogP contribution is 2.11. The van der Waals surface area contributed by atoms with Gasteiger partial charge in [0, 0.05) is 31.9 Å². The summed E-state index contributed by atoms with van der Waals surface area (Å²) in [6, 6.07) is 7.53. The number of anilines is 1. The molecule has 1 aromatic rings. The summed E-state index contributed by atoms with van der Waals surface area (Å²) in [7, 11) is 1.63. The Labute approximate surface area is 114 Å². The predicted octanol–water partition coefficient (Wildman–Crippen LogP) is 2.03. The van der Waals surface area contributed by atoms with Crippen molar-refractivity contribution in [1.29, 1.82) is 0 Å². The standard InChI is InChI=1S/C14H23N3O2/c1-11(2)17(8-9-19-3)14(18)16-13-6-4-12(10-15)5-7-13/h4-7,11H,8-10,15H2,1-3H3,(H,16,18). The first kappa shape index (κ1) is 15.5. The Morgan fingerprint density at radius 3 is 2.47 bits per heavy atom. The molecule has 19 heavy (non-hydrogen) atoms. The van der Waals surface area contributed by atoms with Crippen LogP contribution < -0.4 is 11.1 Å². The molecule has 106 valence electrons. The van der Waals surface area contributed by atoms with Crippen LogP contribution >= 0.6 is 0 Å². The van der Waals surface area contributed by atoms with Crippen LogP contribution in [0.2, 0.25) is 0 Å². The molecule has 0 aliphatic carbocycles. The van der Waals surface area contributed by atoms with E-state index in [4.69, 9.17) is 10.5 Å². The van der Waals surface area contributed by atoms with Crippen LogP contribution in [0.4, 0.5) is 10.5 Å². The minimum absolute atomic E-state index is 0.118. The minimum Gasteiger partial charge on any atom is -0.383 e. The van der Waals surface area contributed by atoms with Crippen molar-refractivity contribution in [3.63, 3.8) is 0 Å². The number of amides is 2. The fraction of sp³-hybridized carbons (Fsp3) is 0.500. The summed E-state index contributed by atoms with van der Waals surface area (Å²) in [6.45, 7) is 5.55. The number of hydrogen-bond acceptors (Lipinski definition) is 3. The molecule has 0 atom stereocenters. The van der Waals surface area contributed by atoms with Gasteiger partial charge in [0.15, 0.2) is 0 Å². The maximum Gasteiger partial charge on any atom is 0.322 e. The van der Waals surface area contributed by atoms with Crippen LogP contribution in [0.15, 0.2) is 24.3 Å². The fourth-order valence-corrected chi connectivity index (χ4v) is 1.70. The van der Waals surface area contributed by atoms with E-state index in [2.05, 4.69) is 5.32 Å². The maximum atomic E-state index is 12.1. The van der Waals surface area contributed by atoms with E-state index in [-0.39, 0.29) is 12.1 Å². The average molecular weight is 265 g/mol. The maximum absolute atomic E-state index is 12.1. The zero-order valence-electron chi connectivity index (χ0n) is 11.8. The van der Waals surface area contributed by atoms with Gasteiger partial charge in [-0.25, -0.2) is 4.79 Å². The number of rotatable bonds is 6. The lowest BCUT2D eigenvalue weighted by Gasteiger charge is -2.26. The normalized spacial score (nSPS) is 10.6. The lowest BCUT2D eigenvalue weighted by Crippen LogP contribution is -2.42. The van der Waals surface area contributed by atoms with Crippen molar-refractivity contribution in [3.8, 4) is 0 Å². The van der Waals surface area contributed by atoms with Crippen LogP contribution in [0.3, 0.4) is 0 Å². The molecule has 0 aliphatic rings. The van der Waals surface area contributed by atoms with Gasteiger partial charge in [-0.3, -0.25) is 0 Å². The summed E-state index contributed by atoms with van der Waals surface area (Å²) in [5, 5.41) is 2.87. The summed E-state index contributed by atoms with van der Waals surface area (Å²) in [6.07, 6.45) is 0. The van der Waals surface area contributed by atoms with Crippen molar-refractivity contribution >= 4 is 11.7 Å². The molecule has 0 saturated heterocycles. The van der Waals surface area contributed by atoms with Crippen LogP contribution in [-0.2, 0) is 11.3 Å². The third kappa shape index (κ3) is 4.89. The van der Waals surface area contributed by atoms with Gasteiger partial charge in [-0.2, -0.15) is 0 Å². The number of nitrogens with two attached hydrogens (primary N) is 1. The van der Waals surface area contributed by atoms with Crippen molar-refractivity contribution in [2.75, 3.05) is 25.6 Å². The Bertz CT molecular complexity index is 390. The second-order valence-corrected chi connectivity index (χ2v) is 4.61. The number of ether oxygens (including phenoxy) is 1. The zero-order valence-corrected chi connectivity index (χ0v) is 11.8. The number of urea groups is 1. The van der Waals surface area contributed by atoms with Crippen molar-refractivity contribution in [2.45, 2.75) is 26.4 Å². The summed E-state index contributed by atoms with van der Waals surface area (Å²) in [5.74, 6) is 0. The van der Waals surface area contributed by atoms with Gasteiger partial charge in [-0.05, 0) is 31.5 Å². The van der Waals surface area contributed by atoms with E-state index in [0.717, 1.165) is 11.3 Å². The van der Waals surface area contributed by atoms with E-state index >= 15 is 0 Å². The molecule has 0 aromatic heterocycles. The van der Waals surface area contributed by atoms with Gasteiger partial charge in [0.25, 0.3) is 0 Å². The Kier molecular flexibility index (Phi) is 6.32. The average Bonchev–Trinajstić information content (AvgIpc) is 2.39. The highest BCUT2D eigenvalue weighted by atomic mass is 16.5. The summed E-state index contributed by atoms with van der Waals surface area (Å²) < 4.78 is 5.02. The van der Waals surface area contributed by atoms with Gasteiger partial charge in [-0.15, -0.1) is 0 Å². The number of nitrogens with zero attached hydrogens (tertiary/aromatic N) is 1. The lowest BCUT2D eigenvalue weighted by molar-refractivity contribution is 0.143. The van der Waals surface area contributed by atoms with Crippen LogP contribution in [0, 0.1) is 0 Å². The highest BCUT2D eigenvalue weighted by Gasteiger charge is 2.16. The van der Waals surface area contributed by atoms with Gasteiger partial charge in [0.1, 0.15) is 0 Å². The first-order chi connectivity index (χ1) is 9.08. The Hall–Kier alpha value is -1.59. The lowest BCUT2D eigenvalue weighted by atomic mass is 10.2. The van der Waals surface area contributed by atoms with E-state index in [1.54, 1.807) is 12.0 Å². The van der Waals surface area contributed by atoms with Crippen molar-refractivity contribution in [3.05, 3.63) is 29.8 Å².